The van der Waals surface area contributed by atoms with E-state index < -0.39 is 21.9 Å². The number of carbonyl (C=O) groups is 2. The highest BCUT2D eigenvalue weighted by Crippen LogP contribution is 2.28. The van der Waals surface area contributed by atoms with Crippen LogP contribution in [0.1, 0.15) is 56.2 Å². The molecule has 0 saturated carbocycles. The maximum atomic E-state index is 12.4. The lowest BCUT2D eigenvalue weighted by atomic mass is 10.00. The first-order valence-corrected chi connectivity index (χ1v) is 11.3. The Morgan fingerprint density at radius 2 is 1.82 bits per heavy atom. The molecule has 1 aromatic heterocycles. The number of rotatable bonds is 5. The maximum Gasteiger partial charge on any atom is 0.337 e. The van der Waals surface area contributed by atoms with Crippen LogP contribution in [0, 0.1) is 0 Å². The predicted molar refractivity (Wildman–Crippen MR) is 106 cm³/mol. The molecule has 0 fully saturated rings. The quantitative estimate of drug-likeness (QED) is 0.570. The minimum absolute atomic E-state index is 0.106. The number of methoxy groups -OCH3 is 1. The maximum absolute atomic E-state index is 12.4. The second kappa shape index (κ2) is 8.85. The lowest BCUT2D eigenvalue weighted by Crippen LogP contribution is -2.41. The van der Waals surface area contributed by atoms with Gasteiger partial charge in [0.05, 0.1) is 22.4 Å². The van der Waals surface area contributed by atoms with Crippen molar-refractivity contribution in [2.45, 2.75) is 43.4 Å². The first-order valence-electron chi connectivity index (χ1n) is 9.03. The third kappa shape index (κ3) is 4.78. The van der Waals surface area contributed by atoms with Gasteiger partial charge in [0.1, 0.15) is 0 Å². The Morgan fingerprint density at radius 3 is 2.57 bits per heavy atom. The van der Waals surface area contributed by atoms with E-state index in [1.807, 2.05) is 6.07 Å². The van der Waals surface area contributed by atoms with E-state index in [0.29, 0.717) is 4.88 Å². The summed E-state index contributed by atoms with van der Waals surface area (Å²) in [6, 6.07) is 7.26. The van der Waals surface area contributed by atoms with Crippen LogP contribution < -0.4 is 10.3 Å². The number of ether oxygens (including phenoxy) is 1. The number of fused-ring (bicyclic) bond motifs is 1. The molecule has 1 aliphatic rings. The van der Waals surface area contributed by atoms with Crippen molar-refractivity contribution in [3.05, 3.63) is 51.2 Å². The van der Waals surface area contributed by atoms with Gasteiger partial charge in [0, 0.05) is 4.88 Å². The second-order valence-corrected chi connectivity index (χ2v) is 9.37. The van der Waals surface area contributed by atoms with Gasteiger partial charge < -0.3 is 4.74 Å². The minimum Gasteiger partial charge on any atom is -0.465 e. The predicted octanol–water partition coefficient (Wildman–Crippen LogP) is 2.82. The number of thiophene rings is 1. The summed E-state index contributed by atoms with van der Waals surface area (Å²) >= 11 is 1.41. The van der Waals surface area contributed by atoms with Crippen molar-refractivity contribution in [2.75, 3.05) is 7.11 Å². The Kier molecular flexibility index (Phi) is 6.48. The largest absolute Gasteiger partial charge is 0.465 e. The number of hydrazine groups is 1. The van der Waals surface area contributed by atoms with Crippen LogP contribution in [0.4, 0.5) is 0 Å². The molecule has 0 radical (unpaired) electrons. The smallest absolute Gasteiger partial charge is 0.337 e. The number of nitrogens with one attached hydrogen (secondary N) is 2. The SMILES string of the molecule is COC(=O)c1cccc(S(=O)(=O)NNC(=O)c2cc3c(s2)CCCCCC3)c1. The first-order chi connectivity index (χ1) is 13.4. The van der Waals surface area contributed by atoms with E-state index in [9.17, 15) is 18.0 Å². The zero-order valence-electron chi connectivity index (χ0n) is 15.5. The topological polar surface area (TPSA) is 102 Å². The van der Waals surface area contributed by atoms with Gasteiger partial charge in [-0.15, -0.1) is 16.2 Å². The van der Waals surface area contributed by atoms with E-state index >= 15 is 0 Å². The number of hydrogen-bond donors (Lipinski definition) is 2. The Balaban J connectivity index is 1.70. The van der Waals surface area contributed by atoms with Crippen LogP contribution in [-0.4, -0.2) is 27.4 Å². The highest BCUT2D eigenvalue weighted by atomic mass is 32.2. The van der Waals surface area contributed by atoms with Gasteiger partial charge in [0.2, 0.25) is 0 Å². The van der Waals surface area contributed by atoms with Crippen LogP contribution in [0.5, 0.6) is 0 Å². The van der Waals surface area contributed by atoms with Crippen LogP contribution in [0.2, 0.25) is 0 Å². The molecule has 2 aromatic rings. The van der Waals surface area contributed by atoms with E-state index in [-0.39, 0.29) is 10.5 Å². The van der Waals surface area contributed by atoms with Crippen LogP contribution >= 0.6 is 11.3 Å². The van der Waals surface area contributed by atoms with Crippen molar-refractivity contribution in [1.82, 2.24) is 10.3 Å². The van der Waals surface area contributed by atoms with E-state index in [1.54, 1.807) is 0 Å². The summed E-state index contributed by atoms with van der Waals surface area (Å²) < 4.78 is 29.5. The molecule has 28 heavy (non-hydrogen) atoms. The fraction of sp³-hybridized carbons (Fsp3) is 0.368. The summed E-state index contributed by atoms with van der Waals surface area (Å²) in [6.45, 7) is 0. The average Bonchev–Trinajstić information content (AvgIpc) is 3.07. The molecule has 0 spiro atoms. The molecule has 2 N–H and O–H groups in total. The van der Waals surface area contributed by atoms with Crippen molar-refractivity contribution in [3.63, 3.8) is 0 Å². The molecule has 0 saturated heterocycles. The van der Waals surface area contributed by atoms with Crippen LogP contribution in [0.3, 0.4) is 0 Å². The molecule has 1 aromatic carbocycles. The van der Waals surface area contributed by atoms with E-state index in [2.05, 4.69) is 15.0 Å². The van der Waals surface area contributed by atoms with Gasteiger partial charge in [-0.2, -0.15) is 0 Å². The van der Waals surface area contributed by atoms with Gasteiger partial charge in [-0.3, -0.25) is 10.2 Å². The molecule has 0 aliphatic heterocycles. The van der Waals surface area contributed by atoms with Crippen molar-refractivity contribution in [3.8, 4) is 0 Å². The molecular formula is C19H22N2O5S2. The number of sulfonamides is 1. The third-order valence-corrected chi connectivity index (χ3v) is 7.07. The summed E-state index contributed by atoms with van der Waals surface area (Å²) in [6.07, 6.45) is 6.51. The fourth-order valence-electron chi connectivity index (χ4n) is 3.10. The highest BCUT2D eigenvalue weighted by Gasteiger charge is 2.20. The van der Waals surface area contributed by atoms with Crippen molar-refractivity contribution in [2.24, 2.45) is 0 Å². The number of hydrogen-bond acceptors (Lipinski definition) is 6. The number of amides is 1. The van der Waals surface area contributed by atoms with Gasteiger partial charge in [-0.05, 0) is 55.5 Å². The molecule has 7 nitrogen and oxygen atoms in total. The Morgan fingerprint density at radius 1 is 1.07 bits per heavy atom. The Hall–Kier alpha value is -2.23. The molecule has 0 unspecified atom stereocenters. The van der Waals surface area contributed by atoms with Crippen molar-refractivity contribution in [1.29, 1.82) is 0 Å². The first kappa shape index (κ1) is 20.5. The molecular weight excluding hydrogens is 400 g/mol. The van der Waals surface area contributed by atoms with E-state index in [4.69, 9.17) is 0 Å². The van der Waals surface area contributed by atoms with Gasteiger partial charge >= 0.3 is 5.97 Å². The molecule has 0 atom stereocenters. The lowest BCUT2D eigenvalue weighted by molar-refractivity contribution is 0.0600. The molecule has 1 heterocycles. The molecule has 3 rings (SSSR count). The van der Waals surface area contributed by atoms with Crippen LogP contribution in [0.15, 0.2) is 35.2 Å². The normalized spacial score (nSPS) is 14.5. The van der Waals surface area contributed by atoms with Crippen molar-refractivity contribution >= 4 is 33.2 Å². The van der Waals surface area contributed by atoms with Gasteiger partial charge in [-0.25, -0.2) is 13.2 Å². The Labute approximate surface area is 168 Å². The summed E-state index contributed by atoms with van der Waals surface area (Å²) in [5, 5.41) is 0. The van der Waals surface area contributed by atoms with Gasteiger partial charge in [0.15, 0.2) is 0 Å². The summed E-state index contributed by atoms with van der Waals surface area (Å²) in [5.41, 5.74) is 3.55. The zero-order chi connectivity index (χ0) is 20.1. The monoisotopic (exact) mass is 422 g/mol. The molecule has 0 bridgehead atoms. The molecule has 1 aliphatic carbocycles. The summed E-state index contributed by atoms with van der Waals surface area (Å²) in [5.74, 6) is -1.14. The van der Waals surface area contributed by atoms with Crippen molar-refractivity contribution < 1.29 is 22.7 Å². The fourth-order valence-corrected chi connectivity index (χ4v) is 5.13. The summed E-state index contributed by atoms with van der Waals surface area (Å²) in [7, 11) is -2.81. The lowest BCUT2D eigenvalue weighted by Gasteiger charge is -2.08. The number of carbonyl (C=O) groups excluding carboxylic acids is 2. The minimum atomic E-state index is -4.03. The average molecular weight is 423 g/mol. The van der Waals surface area contributed by atoms with Gasteiger partial charge in [0.25, 0.3) is 15.9 Å². The standard InChI is InChI=1S/C19H22N2O5S2/c1-26-19(23)14-8-6-9-15(11-14)28(24,25)21-20-18(22)17-12-13-7-4-2-3-5-10-16(13)27-17/h6,8-9,11-12,21H,2-5,7,10H2,1H3,(H,20,22). The number of benzene rings is 1. The molecule has 1 amide bonds. The van der Waals surface area contributed by atoms with E-state index in [1.165, 1.54) is 66.0 Å². The molecule has 150 valence electrons. The van der Waals surface area contributed by atoms with Crippen LogP contribution in [-0.2, 0) is 27.6 Å². The molecule has 9 heteroatoms. The summed E-state index contributed by atoms with van der Waals surface area (Å²) in [4.78, 5) is 27.7. The highest BCUT2D eigenvalue weighted by molar-refractivity contribution is 7.89. The number of esters is 1. The van der Waals surface area contributed by atoms with Gasteiger partial charge in [-0.1, -0.05) is 18.9 Å². The van der Waals surface area contributed by atoms with Crippen LogP contribution in [0.25, 0.3) is 0 Å². The van der Waals surface area contributed by atoms with E-state index in [0.717, 1.165) is 25.7 Å². The Bertz CT molecular complexity index is 956. The zero-order valence-corrected chi connectivity index (χ0v) is 17.1. The third-order valence-electron chi connectivity index (χ3n) is 4.58. The number of aryl methyl sites for hydroxylation is 2. The second-order valence-electron chi connectivity index (χ2n) is 6.55.